The highest BCUT2D eigenvalue weighted by Crippen LogP contribution is 2.31. The van der Waals surface area contributed by atoms with Gasteiger partial charge >= 0.3 is 0 Å². The number of nitrogens with zero attached hydrogens (tertiary/aromatic N) is 2. The molecule has 0 aliphatic carbocycles. The molecule has 1 atom stereocenters. The molecule has 0 aromatic heterocycles. The first-order valence-corrected chi connectivity index (χ1v) is 10.7. The number of carbonyl (C=O) groups is 1. The Morgan fingerprint density at radius 2 is 1.96 bits per heavy atom. The van der Waals surface area contributed by atoms with Gasteiger partial charge in [-0.05, 0) is 36.6 Å². The fraction of sp³-hybridized carbons (Fsp3) is 0.350. The second-order valence-corrected chi connectivity index (χ2v) is 8.41. The molecular weight excluding hydrogens is 364 g/mol. The number of anilines is 2. The third-order valence-electron chi connectivity index (χ3n) is 4.77. The van der Waals surface area contributed by atoms with E-state index in [9.17, 15) is 13.2 Å². The summed E-state index contributed by atoms with van der Waals surface area (Å²) in [5.41, 5.74) is 2.39. The van der Waals surface area contributed by atoms with Crippen LogP contribution in [0.25, 0.3) is 0 Å². The Morgan fingerprint density at radius 1 is 1.22 bits per heavy atom. The fourth-order valence-electron chi connectivity index (χ4n) is 3.54. The summed E-state index contributed by atoms with van der Waals surface area (Å²) in [6, 6.07) is 13.7. The van der Waals surface area contributed by atoms with Crippen LogP contribution in [0.5, 0.6) is 5.75 Å². The van der Waals surface area contributed by atoms with Gasteiger partial charge in [0.1, 0.15) is 11.8 Å². The maximum atomic E-state index is 13.3. The van der Waals surface area contributed by atoms with E-state index in [1.165, 1.54) is 11.4 Å². The second-order valence-electron chi connectivity index (χ2n) is 6.55. The molecule has 3 rings (SSSR count). The number of benzene rings is 2. The molecule has 27 heavy (non-hydrogen) atoms. The van der Waals surface area contributed by atoms with Gasteiger partial charge in [-0.1, -0.05) is 31.2 Å². The first kappa shape index (κ1) is 19.2. The maximum Gasteiger partial charge on any atom is 0.250 e. The van der Waals surface area contributed by atoms with Crippen LogP contribution < -0.4 is 13.9 Å². The lowest BCUT2D eigenvalue weighted by Crippen LogP contribution is -2.50. The second kappa shape index (κ2) is 7.60. The van der Waals surface area contributed by atoms with E-state index in [4.69, 9.17) is 4.74 Å². The molecular formula is C20H24N2O4S. The zero-order valence-electron chi connectivity index (χ0n) is 15.8. The van der Waals surface area contributed by atoms with Gasteiger partial charge in [0, 0.05) is 18.3 Å². The summed E-state index contributed by atoms with van der Waals surface area (Å²) in [5.74, 6) is 0.325. The van der Waals surface area contributed by atoms with Gasteiger partial charge in [0.15, 0.2) is 0 Å². The topological polar surface area (TPSA) is 66.9 Å². The average molecular weight is 388 g/mol. The number of hydrogen-bond donors (Lipinski definition) is 0. The number of methoxy groups -OCH3 is 1. The number of carbonyl (C=O) groups excluding carboxylic acids is 1. The fourth-order valence-corrected chi connectivity index (χ4v) is 4.74. The molecule has 1 aliphatic rings. The first-order chi connectivity index (χ1) is 12.9. The highest BCUT2D eigenvalue weighted by Gasteiger charge is 2.36. The predicted octanol–water partition coefficient (Wildman–Crippen LogP) is 2.83. The third-order valence-corrected chi connectivity index (χ3v) is 5.95. The van der Waals surface area contributed by atoms with E-state index in [1.807, 2.05) is 31.2 Å². The quantitative estimate of drug-likeness (QED) is 0.763. The van der Waals surface area contributed by atoms with E-state index in [1.54, 1.807) is 29.2 Å². The van der Waals surface area contributed by atoms with Crippen LogP contribution >= 0.6 is 0 Å². The van der Waals surface area contributed by atoms with E-state index < -0.39 is 16.1 Å². The summed E-state index contributed by atoms with van der Waals surface area (Å²) in [4.78, 5) is 15.0. The summed E-state index contributed by atoms with van der Waals surface area (Å²) in [7, 11) is -2.15. The smallest absolute Gasteiger partial charge is 0.250 e. The Balaban J connectivity index is 2.01. The standard InChI is InChI=1S/C20H24N2O4S/c1-4-18(20(23)21-13-12-15-8-5-6-11-19(15)21)22(27(3,24)25)16-9-7-10-17(14-16)26-2/h5-11,14,18H,4,12-13H2,1-3H3. The summed E-state index contributed by atoms with van der Waals surface area (Å²) < 4.78 is 31.7. The molecule has 1 unspecified atom stereocenters. The lowest BCUT2D eigenvalue weighted by molar-refractivity contribution is -0.119. The van der Waals surface area contributed by atoms with Crippen LogP contribution in [-0.2, 0) is 21.2 Å². The SMILES string of the molecule is CCC(C(=O)N1CCc2ccccc21)N(c1cccc(OC)c1)S(C)(=O)=O. The minimum atomic E-state index is -3.68. The molecule has 0 fully saturated rings. The summed E-state index contributed by atoms with van der Waals surface area (Å²) in [6.45, 7) is 2.38. The van der Waals surface area contributed by atoms with Crippen LogP contribution in [0.4, 0.5) is 11.4 Å². The van der Waals surface area contributed by atoms with Crippen molar-refractivity contribution in [2.24, 2.45) is 0 Å². The van der Waals surface area contributed by atoms with Crippen molar-refractivity contribution in [3.05, 3.63) is 54.1 Å². The third kappa shape index (κ3) is 3.78. The number of hydrogen-bond acceptors (Lipinski definition) is 4. The molecule has 1 amide bonds. The lowest BCUT2D eigenvalue weighted by atomic mass is 10.1. The molecule has 1 heterocycles. The molecule has 0 spiro atoms. The first-order valence-electron chi connectivity index (χ1n) is 8.89. The average Bonchev–Trinajstić information content (AvgIpc) is 3.08. The van der Waals surface area contributed by atoms with Gasteiger partial charge in [0.05, 0.1) is 19.1 Å². The van der Waals surface area contributed by atoms with Crippen molar-refractivity contribution in [1.29, 1.82) is 0 Å². The molecule has 2 aromatic carbocycles. The Morgan fingerprint density at radius 3 is 2.63 bits per heavy atom. The summed E-state index contributed by atoms with van der Waals surface area (Å²) >= 11 is 0. The summed E-state index contributed by atoms with van der Waals surface area (Å²) in [6.07, 6.45) is 2.26. The van der Waals surface area contributed by atoms with E-state index >= 15 is 0 Å². The van der Waals surface area contributed by atoms with Crippen LogP contribution in [0, 0.1) is 0 Å². The van der Waals surface area contributed by atoms with Crippen LogP contribution in [0.15, 0.2) is 48.5 Å². The number of rotatable bonds is 6. The molecule has 0 N–H and O–H groups in total. The van der Waals surface area contributed by atoms with E-state index in [2.05, 4.69) is 0 Å². The van der Waals surface area contributed by atoms with Gasteiger partial charge in [0.25, 0.3) is 5.91 Å². The number of para-hydroxylation sites is 1. The molecule has 0 bridgehead atoms. The number of fused-ring (bicyclic) bond motifs is 1. The highest BCUT2D eigenvalue weighted by atomic mass is 32.2. The molecule has 0 radical (unpaired) electrons. The molecule has 6 nitrogen and oxygen atoms in total. The van der Waals surface area contributed by atoms with E-state index in [0.29, 0.717) is 24.4 Å². The molecule has 0 saturated heterocycles. The largest absolute Gasteiger partial charge is 0.497 e. The van der Waals surface area contributed by atoms with Gasteiger partial charge < -0.3 is 9.64 Å². The van der Waals surface area contributed by atoms with E-state index in [0.717, 1.165) is 23.9 Å². The van der Waals surface area contributed by atoms with Crippen LogP contribution in [0.1, 0.15) is 18.9 Å². The van der Waals surface area contributed by atoms with Crippen molar-refractivity contribution in [3.63, 3.8) is 0 Å². The highest BCUT2D eigenvalue weighted by molar-refractivity contribution is 7.92. The Bertz CT molecular complexity index is 943. The van der Waals surface area contributed by atoms with Gasteiger partial charge in [-0.2, -0.15) is 0 Å². The molecule has 2 aromatic rings. The molecule has 1 aliphatic heterocycles. The predicted molar refractivity (Wildman–Crippen MR) is 107 cm³/mol. The van der Waals surface area contributed by atoms with E-state index in [-0.39, 0.29) is 5.91 Å². The molecule has 144 valence electrons. The van der Waals surface area contributed by atoms with Gasteiger partial charge in [0.2, 0.25) is 10.0 Å². The van der Waals surface area contributed by atoms with Gasteiger partial charge in [-0.25, -0.2) is 8.42 Å². The number of ether oxygens (including phenoxy) is 1. The molecule has 7 heteroatoms. The van der Waals surface area contributed by atoms with Crippen molar-refractivity contribution in [2.75, 3.05) is 29.1 Å². The van der Waals surface area contributed by atoms with Crippen LogP contribution in [0.2, 0.25) is 0 Å². The van der Waals surface area contributed by atoms with Crippen LogP contribution in [0.3, 0.4) is 0 Å². The number of amides is 1. The Hall–Kier alpha value is -2.54. The lowest BCUT2D eigenvalue weighted by Gasteiger charge is -2.33. The van der Waals surface area contributed by atoms with Crippen molar-refractivity contribution >= 4 is 27.3 Å². The zero-order valence-corrected chi connectivity index (χ0v) is 16.6. The summed E-state index contributed by atoms with van der Waals surface area (Å²) in [5, 5.41) is 0. The van der Waals surface area contributed by atoms with Gasteiger partial charge in [-0.3, -0.25) is 9.10 Å². The normalized spacial score (nSPS) is 14.6. The van der Waals surface area contributed by atoms with Crippen LogP contribution in [-0.4, -0.2) is 40.3 Å². The Kier molecular flexibility index (Phi) is 5.41. The minimum Gasteiger partial charge on any atom is -0.497 e. The van der Waals surface area contributed by atoms with Crippen molar-refractivity contribution in [2.45, 2.75) is 25.8 Å². The van der Waals surface area contributed by atoms with Gasteiger partial charge in [-0.15, -0.1) is 0 Å². The minimum absolute atomic E-state index is 0.212. The van der Waals surface area contributed by atoms with Crippen molar-refractivity contribution in [1.82, 2.24) is 0 Å². The van der Waals surface area contributed by atoms with Crippen molar-refractivity contribution in [3.8, 4) is 5.75 Å². The maximum absolute atomic E-state index is 13.3. The zero-order chi connectivity index (χ0) is 19.6. The Labute approximate surface area is 160 Å². The number of sulfonamides is 1. The molecule has 0 saturated carbocycles. The monoisotopic (exact) mass is 388 g/mol. The van der Waals surface area contributed by atoms with Crippen molar-refractivity contribution < 1.29 is 17.9 Å².